The van der Waals surface area contributed by atoms with E-state index in [1.165, 1.54) is 11.1 Å². The molecular formula is C18H17N2+. The molecule has 98 valence electrons. The molecule has 1 aromatic heterocycles. The lowest BCUT2D eigenvalue weighted by molar-refractivity contribution is -0.660. The molecule has 20 heavy (non-hydrogen) atoms. The van der Waals surface area contributed by atoms with Crippen molar-refractivity contribution in [2.24, 2.45) is 7.05 Å². The fourth-order valence-electron chi connectivity index (χ4n) is 2.39. The summed E-state index contributed by atoms with van der Waals surface area (Å²) in [6.45, 7) is 2.13. The van der Waals surface area contributed by atoms with Gasteiger partial charge in [-0.15, -0.1) is 0 Å². The van der Waals surface area contributed by atoms with Crippen molar-refractivity contribution >= 4 is 0 Å². The van der Waals surface area contributed by atoms with Gasteiger partial charge in [0, 0.05) is 5.56 Å². The molecule has 0 aliphatic heterocycles. The van der Waals surface area contributed by atoms with Crippen LogP contribution in [0.2, 0.25) is 0 Å². The van der Waals surface area contributed by atoms with Crippen LogP contribution in [0.4, 0.5) is 0 Å². The molecule has 0 fully saturated rings. The van der Waals surface area contributed by atoms with Crippen LogP contribution in [0.3, 0.4) is 0 Å². The Morgan fingerprint density at radius 2 is 1.60 bits per heavy atom. The second-order valence-corrected chi connectivity index (χ2v) is 4.95. The third-order valence-corrected chi connectivity index (χ3v) is 3.51. The molecule has 1 heterocycles. The van der Waals surface area contributed by atoms with Crippen LogP contribution in [0.25, 0.3) is 22.5 Å². The average molecular weight is 261 g/mol. The van der Waals surface area contributed by atoms with E-state index in [9.17, 15) is 0 Å². The molecule has 0 radical (unpaired) electrons. The van der Waals surface area contributed by atoms with E-state index in [0.717, 1.165) is 17.0 Å². The van der Waals surface area contributed by atoms with Crippen LogP contribution in [-0.4, -0.2) is 4.98 Å². The molecule has 0 bridgehead atoms. The van der Waals surface area contributed by atoms with Gasteiger partial charge in [0.25, 0.3) is 0 Å². The Labute approximate surface area is 119 Å². The highest BCUT2D eigenvalue weighted by Crippen LogP contribution is 2.21. The summed E-state index contributed by atoms with van der Waals surface area (Å²) in [6.07, 6.45) is 4.03. The topological polar surface area (TPSA) is 16.8 Å². The minimum absolute atomic E-state index is 0.991. The van der Waals surface area contributed by atoms with Crippen LogP contribution in [0.15, 0.2) is 67.0 Å². The van der Waals surface area contributed by atoms with Crippen LogP contribution in [-0.2, 0) is 7.05 Å². The Morgan fingerprint density at radius 1 is 0.900 bits per heavy atom. The van der Waals surface area contributed by atoms with Gasteiger partial charge in [0.2, 0.25) is 5.69 Å². The summed E-state index contributed by atoms with van der Waals surface area (Å²) >= 11 is 0. The Bertz CT molecular complexity index is 733. The first-order valence-corrected chi connectivity index (χ1v) is 6.73. The average Bonchev–Trinajstić information content (AvgIpc) is 2.49. The predicted molar refractivity (Wildman–Crippen MR) is 81.0 cm³/mol. The van der Waals surface area contributed by atoms with Gasteiger partial charge in [-0.1, -0.05) is 48.5 Å². The van der Waals surface area contributed by atoms with Gasteiger partial charge in [0.1, 0.15) is 18.9 Å². The zero-order chi connectivity index (χ0) is 13.9. The molecule has 3 rings (SSSR count). The number of aromatic nitrogens is 2. The van der Waals surface area contributed by atoms with Gasteiger partial charge in [0.15, 0.2) is 6.20 Å². The summed E-state index contributed by atoms with van der Waals surface area (Å²) in [6, 6.07) is 18.6. The standard InChI is InChI=1S/C18H17N2/c1-14-8-6-7-11-16(14)18-12-19-17(13-20(18)2)15-9-4-3-5-10-15/h3-13H,1-2H3/q+1. The number of benzene rings is 2. The van der Waals surface area contributed by atoms with E-state index in [-0.39, 0.29) is 0 Å². The minimum Gasteiger partial charge on any atom is -0.243 e. The van der Waals surface area contributed by atoms with E-state index in [4.69, 9.17) is 0 Å². The maximum atomic E-state index is 4.61. The summed E-state index contributed by atoms with van der Waals surface area (Å²) in [4.78, 5) is 4.61. The molecule has 0 aliphatic carbocycles. The van der Waals surface area contributed by atoms with E-state index < -0.39 is 0 Å². The molecule has 0 unspecified atom stereocenters. The van der Waals surface area contributed by atoms with E-state index in [2.05, 4.69) is 66.1 Å². The molecule has 0 N–H and O–H groups in total. The van der Waals surface area contributed by atoms with Crippen LogP contribution in [0, 0.1) is 6.92 Å². The first-order valence-electron chi connectivity index (χ1n) is 6.73. The van der Waals surface area contributed by atoms with Gasteiger partial charge in [-0.05, 0) is 18.6 Å². The lowest BCUT2D eigenvalue weighted by atomic mass is 10.1. The Morgan fingerprint density at radius 3 is 2.30 bits per heavy atom. The van der Waals surface area contributed by atoms with Gasteiger partial charge >= 0.3 is 0 Å². The van der Waals surface area contributed by atoms with Crippen LogP contribution in [0.1, 0.15) is 5.56 Å². The van der Waals surface area contributed by atoms with Crippen molar-refractivity contribution in [3.05, 3.63) is 72.6 Å². The molecule has 2 aromatic carbocycles. The summed E-state index contributed by atoms with van der Waals surface area (Å²) in [7, 11) is 2.07. The molecule has 0 saturated heterocycles. The first kappa shape index (κ1) is 12.5. The Hall–Kier alpha value is -2.48. The van der Waals surface area contributed by atoms with E-state index in [0.29, 0.717) is 0 Å². The number of nitrogens with zero attached hydrogens (tertiary/aromatic N) is 2. The third-order valence-electron chi connectivity index (χ3n) is 3.51. The van der Waals surface area contributed by atoms with E-state index in [1.807, 2.05) is 24.4 Å². The second kappa shape index (κ2) is 5.25. The molecule has 0 atom stereocenters. The summed E-state index contributed by atoms with van der Waals surface area (Å²) in [5.41, 5.74) is 5.74. The zero-order valence-corrected chi connectivity index (χ0v) is 11.7. The van der Waals surface area contributed by atoms with E-state index in [1.54, 1.807) is 0 Å². The molecule has 0 aliphatic rings. The number of rotatable bonds is 2. The smallest absolute Gasteiger partial charge is 0.231 e. The molecule has 0 amide bonds. The quantitative estimate of drug-likeness (QED) is 0.645. The molecular weight excluding hydrogens is 244 g/mol. The monoisotopic (exact) mass is 261 g/mol. The normalized spacial score (nSPS) is 10.5. The highest BCUT2D eigenvalue weighted by Gasteiger charge is 2.14. The van der Waals surface area contributed by atoms with Gasteiger partial charge in [0.05, 0.1) is 5.56 Å². The van der Waals surface area contributed by atoms with Crippen molar-refractivity contribution < 1.29 is 4.57 Å². The second-order valence-electron chi connectivity index (χ2n) is 4.95. The largest absolute Gasteiger partial charge is 0.243 e. The Balaban J connectivity index is 2.07. The van der Waals surface area contributed by atoms with Crippen LogP contribution < -0.4 is 4.57 Å². The van der Waals surface area contributed by atoms with Crippen molar-refractivity contribution in [1.82, 2.24) is 4.98 Å². The molecule has 0 spiro atoms. The number of aryl methyl sites for hydroxylation is 2. The predicted octanol–water partition coefficient (Wildman–Crippen LogP) is 3.55. The highest BCUT2D eigenvalue weighted by atomic mass is 15.0. The molecule has 2 nitrogen and oxygen atoms in total. The number of hydrogen-bond acceptors (Lipinski definition) is 1. The molecule has 0 saturated carbocycles. The van der Waals surface area contributed by atoms with Crippen LogP contribution >= 0.6 is 0 Å². The van der Waals surface area contributed by atoms with Gasteiger partial charge in [-0.2, -0.15) is 4.57 Å². The Kier molecular flexibility index (Phi) is 3.30. The van der Waals surface area contributed by atoms with Crippen molar-refractivity contribution in [2.75, 3.05) is 0 Å². The highest BCUT2D eigenvalue weighted by molar-refractivity contribution is 5.62. The van der Waals surface area contributed by atoms with Crippen LogP contribution in [0.5, 0.6) is 0 Å². The summed E-state index contributed by atoms with van der Waals surface area (Å²) in [5, 5.41) is 0. The van der Waals surface area contributed by atoms with E-state index >= 15 is 0 Å². The first-order chi connectivity index (χ1) is 9.75. The summed E-state index contributed by atoms with van der Waals surface area (Å²) < 4.78 is 2.14. The fourth-order valence-corrected chi connectivity index (χ4v) is 2.39. The molecule has 2 heteroatoms. The van der Waals surface area contributed by atoms with Gasteiger partial charge < -0.3 is 0 Å². The maximum Gasteiger partial charge on any atom is 0.231 e. The lowest BCUT2D eigenvalue weighted by Crippen LogP contribution is -2.31. The lowest BCUT2D eigenvalue weighted by Gasteiger charge is -2.05. The number of hydrogen-bond donors (Lipinski definition) is 0. The molecule has 3 aromatic rings. The fraction of sp³-hybridized carbons (Fsp3) is 0.111. The van der Waals surface area contributed by atoms with Crippen molar-refractivity contribution in [3.8, 4) is 22.5 Å². The van der Waals surface area contributed by atoms with Gasteiger partial charge in [-0.25, -0.2) is 4.98 Å². The van der Waals surface area contributed by atoms with Crippen molar-refractivity contribution in [2.45, 2.75) is 6.92 Å². The minimum atomic E-state index is 0.991. The zero-order valence-electron chi connectivity index (χ0n) is 11.7. The summed E-state index contributed by atoms with van der Waals surface area (Å²) in [5.74, 6) is 0. The van der Waals surface area contributed by atoms with Crippen molar-refractivity contribution in [1.29, 1.82) is 0 Å². The third kappa shape index (κ3) is 2.32. The SMILES string of the molecule is Cc1ccccc1-c1cnc(-c2ccccc2)c[n+]1C. The van der Waals surface area contributed by atoms with Crippen molar-refractivity contribution in [3.63, 3.8) is 0 Å². The van der Waals surface area contributed by atoms with Gasteiger partial charge in [-0.3, -0.25) is 0 Å². The maximum absolute atomic E-state index is 4.61.